The van der Waals surface area contributed by atoms with Crippen molar-refractivity contribution in [3.05, 3.63) is 22.2 Å². The molecule has 0 bridgehead atoms. The fourth-order valence-electron chi connectivity index (χ4n) is 0.994. The number of carboxylic acids is 1. The van der Waals surface area contributed by atoms with Crippen molar-refractivity contribution in [1.82, 2.24) is 5.16 Å². The van der Waals surface area contributed by atoms with Gasteiger partial charge in [-0.1, -0.05) is 6.92 Å². The molecule has 5 nitrogen and oxygen atoms in total. The normalized spacial score (nSPS) is 12.8. The summed E-state index contributed by atoms with van der Waals surface area (Å²) >= 11 is 0. The Morgan fingerprint density at radius 3 is 2.83 bits per heavy atom. The van der Waals surface area contributed by atoms with Gasteiger partial charge >= 0.3 is 11.6 Å². The van der Waals surface area contributed by atoms with Crippen molar-refractivity contribution >= 4 is 5.97 Å². The summed E-state index contributed by atoms with van der Waals surface area (Å²) in [5.41, 5.74) is -0.236. The molecule has 12 heavy (non-hydrogen) atoms. The number of nitrogens with one attached hydrogen (secondary N) is 1. The molecule has 0 saturated heterocycles. The standard InChI is InChI=1S/C7H9NO4/c1-2-4(7(10)11)5-3-6(9)12-8-5/h3-4,8H,2H2,1H3,(H,10,11). The van der Waals surface area contributed by atoms with Crippen molar-refractivity contribution in [3.8, 4) is 0 Å². The summed E-state index contributed by atoms with van der Waals surface area (Å²) in [6, 6.07) is 1.16. The molecular weight excluding hydrogens is 162 g/mol. The molecule has 0 saturated carbocycles. The number of hydrogen-bond acceptors (Lipinski definition) is 3. The Bertz CT molecular complexity index is 324. The molecule has 66 valence electrons. The van der Waals surface area contributed by atoms with E-state index in [1.165, 1.54) is 0 Å². The molecule has 0 fully saturated rings. The zero-order chi connectivity index (χ0) is 9.14. The first-order valence-corrected chi connectivity index (χ1v) is 3.56. The molecule has 1 aromatic heterocycles. The molecule has 1 unspecified atom stereocenters. The SMILES string of the molecule is CCC(C(=O)O)c1cc(=O)o[nH]1. The molecule has 0 aromatic carbocycles. The van der Waals surface area contributed by atoms with Crippen LogP contribution in [0.5, 0.6) is 0 Å². The minimum Gasteiger partial charge on any atom is -0.481 e. The Labute approximate surface area is 68.0 Å². The van der Waals surface area contributed by atoms with Crippen LogP contribution in [0, 0.1) is 0 Å². The first kappa shape index (κ1) is 8.58. The van der Waals surface area contributed by atoms with Crippen LogP contribution < -0.4 is 5.63 Å². The highest BCUT2D eigenvalue weighted by Crippen LogP contribution is 2.15. The van der Waals surface area contributed by atoms with Gasteiger partial charge in [-0.05, 0) is 6.42 Å². The summed E-state index contributed by atoms with van der Waals surface area (Å²) < 4.78 is 4.35. The fourth-order valence-corrected chi connectivity index (χ4v) is 0.994. The predicted octanol–water partition coefficient (Wildman–Crippen LogP) is 0.546. The van der Waals surface area contributed by atoms with Gasteiger partial charge in [0.1, 0.15) is 0 Å². The van der Waals surface area contributed by atoms with Gasteiger partial charge in [0.05, 0.1) is 11.6 Å². The van der Waals surface area contributed by atoms with Crippen molar-refractivity contribution in [1.29, 1.82) is 0 Å². The number of aromatic amines is 1. The first-order chi connectivity index (χ1) is 5.65. The number of H-pyrrole nitrogens is 1. The van der Waals surface area contributed by atoms with E-state index in [2.05, 4.69) is 9.68 Å². The van der Waals surface area contributed by atoms with E-state index in [4.69, 9.17) is 5.11 Å². The molecule has 1 atom stereocenters. The van der Waals surface area contributed by atoms with Crippen LogP contribution in [0.2, 0.25) is 0 Å². The molecule has 2 N–H and O–H groups in total. The highest BCUT2D eigenvalue weighted by atomic mass is 16.5. The summed E-state index contributed by atoms with van der Waals surface area (Å²) in [7, 11) is 0. The lowest BCUT2D eigenvalue weighted by atomic mass is 10.0. The number of hydrogen-bond donors (Lipinski definition) is 2. The van der Waals surface area contributed by atoms with Crippen LogP contribution in [-0.4, -0.2) is 16.2 Å². The van der Waals surface area contributed by atoms with Gasteiger partial charge in [-0.15, -0.1) is 0 Å². The summed E-state index contributed by atoms with van der Waals surface area (Å²) in [5.74, 6) is -1.65. The third kappa shape index (κ3) is 1.55. The Morgan fingerprint density at radius 1 is 1.83 bits per heavy atom. The maximum Gasteiger partial charge on any atom is 0.357 e. The third-order valence-corrected chi connectivity index (χ3v) is 1.62. The predicted molar refractivity (Wildman–Crippen MR) is 40.0 cm³/mol. The van der Waals surface area contributed by atoms with E-state index >= 15 is 0 Å². The average molecular weight is 171 g/mol. The van der Waals surface area contributed by atoms with E-state index < -0.39 is 17.5 Å². The van der Waals surface area contributed by atoms with Crippen LogP contribution in [0.1, 0.15) is 25.0 Å². The monoisotopic (exact) mass is 171 g/mol. The molecule has 0 aliphatic heterocycles. The second kappa shape index (κ2) is 3.25. The zero-order valence-electron chi connectivity index (χ0n) is 6.53. The Kier molecular flexibility index (Phi) is 2.32. The van der Waals surface area contributed by atoms with Gasteiger partial charge < -0.3 is 9.63 Å². The molecule has 0 spiro atoms. The fraction of sp³-hybridized carbons (Fsp3) is 0.429. The molecule has 1 heterocycles. The first-order valence-electron chi connectivity index (χ1n) is 3.56. The van der Waals surface area contributed by atoms with Crippen LogP contribution in [0.15, 0.2) is 15.4 Å². The highest BCUT2D eigenvalue weighted by Gasteiger charge is 2.19. The van der Waals surface area contributed by atoms with Crippen molar-refractivity contribution in [2.75, 3.05) is 0 Å². The lowest BCUT2D eigenvalue weighted by Crippen LogP contribution is -2.10. The molecule has 0 radical (unpaired) electrons. The Balaban J connectivity index is 2.94. The minimum atomic E-state index is -0.963. The highest BCUT2D eigenvalue weighted by molar-refractivity contribution is 5.75. The van der Waals surface area contributed by atoms with Gasteiger partial charge in [-0.2, -0.15) is 0 Å². The van der Waals surface area contributed by atoms with E-state index in [0.29, 0.717) is 12.1 Å². The van der Waals surface area contributed by atoms with Crippen LogP contribution >= 0.6 is 0 Å². The number of aromatic nitrogens is 1. The summed E-state index contributed by atoms with van der Waals surface area (Å²) in [4.78, 5) is 21.1. The van der Waals surface area contributed by atoms with Crippen molar-refractivity contribution in [2.45, 2.75) is 19.3 Å². The van der Waals surface area contributed by atoms with E-state index in [9.17, 15) is 9.59 Å². The van der Waals surface area contributed by atoms with Gasteiger partial charge in [0, 0.05) is 6.07 Å². The lowest BCUT2D eigenvalue weighted by molar-refractivity contribution is -0.139. The Hall–Kier alpha value is -1.52. The number of rotatable bonds is 3. The van der Waals surface area contributed by atoms with Gasteiger partial charge in [-0.3, -0.25) is 4.79 Å². The average Bonchev–Trinajstić information content (AvgIpc) is 2.37. The molecule has 0 amide bonds. The molecule has 1 rings (SSSR count). The van der Waals surface area contributed by atoms with Crippen molar-refractivity contribution < 1.29 is 14.4 Å². The van der Waals surface area contributed by atoms with Crippen molar-refractivity contribution in [2.24, 2.45) is 0 Å². The molecule has 0 aliphatic carbocycles. The molecule has 5 heteroatoms. The summed E-state index contributed by atoms with van der Waals surface area (Å²) in [6.07, 6.45) is 0.421. The second-order valence-electron chi connectivity index (χ2n) is 2.42. The maximum absolute atomic E-state index is 10.6. The maximum atomic E-state index is 10.6. The number of carboxylic acid groups (broad SMARTS) is 1. The topological polar surface area (TPSA) is 83.3 Å². The zero-order valence-corrected chi connectivity index (χ0v) is 6.53. The minimum absolute atomic E-state index is 0.315. The van der Waals surface area contributed by atoms with Gasteiger partial charge in [-0.25, -0.2) is 9.95 Å². The quantitative estimate of drug-likeness (QED) is 0.695. The largest absolute Gasteiger partial charge is 0.481 e. The van der Waals surface area contributed by atoms with E-state index in [-0.39, 0.29) is 0 Å². The van der Waals surface area contributed by atoms with Crippen LogP contribution in [0.3, 0.4) is 0 Å². The third-order valence-electron chi connectivity index (χ3n) is 1.62. The summed E-state index contributed by atoms with van der Waals surface area (Å²) in [5, 5.41) is 10.9. The van der Waals surface area contributed by atoms with E-state index in [1.54, 1.807) is 6.92 Å². The van der Waals surface area contributed by atoms with Crippen LogP contribution in [0.4, 0.5) is 0 Å². The van der Waals surface area contributed by atoms with Crippen molar-refractivity contribution in [3.63, 3.8) is 0 Å². The Morgan fingerprint density at radius 2 is 2.50 bits per heavy atom. The van der Waals surface area contributed by atoms with Gasteiger partial charge in [0.2, 0.25) is 0 Å². The summed E-state index contributed by atoms with van der Waals surface area (Å²) in [6.45, 7) is 1.73. The number of carbonyl (C=O) groups is 1. The molecule has 1 aromatic rings. The lowest BCUT2D eigenvalue weighted by Gasteiger charge is -2.03. The van der Waals surface area contributed by atoms with Gasteiger partial charge in [0.25, 0.3) is 0 Å². The second-order valence-corrected chi connectivity index (χ2v) is 2.42. The van der Waals surface area contributed by atoms with Crippen LogP contribution in [0.25, 0.3) is 0 Å². The number of aliphatic carboxylic acids is 1. The van der Waals surface area contributed by atoms with E-state index in [1.807, 2.05) is 0 Å². The van der Waals surface area contributed by atoms with Crippen LogP contribution in [-0.2, 0) is 4.79 Å². The van der Waals surface area contributed by atoms with Gasteiger partial charge in [0.15, 0.2) is 0 Å². The molecule has 0 aliphatic rings. The smallest absolute Gasteiger partial charge is 0.357 e. The van der Waals surface area contributed by atoms with E-state index in [0.717, 1.165) is 6.07 Å². The molecular formula is C7H9NO4.